The molecule has 0 saturated carbocycles. The van der Waals surface area contributed by atoms with Crippen LogP contribution in [-0.2, 0) is 21.4 Å². The summed E-state index contributed by atoms with van der Waals surface area (Å²) in [6.45, 7) is 7.65. The zero-order valence-electron chi connectivity index (χ0n) is 19.8. The normalized spacial score (nSPS) is 15.2. The highest BCUT2D eigenvalue weighted by atomic mass is 32.2. The molecule has 0 aromatic heterocycles. The number of amides is 1. The molecule has 33 heavy (non-hydrogen) atoms. The third kappa shape index (κ3) is 6.88. The van der Waals surface area contributed by atoms with Crippen LogP contribution in [0.5, 0.6) is 0 Å². The van der Waals surface area contributed by atoms with Gasteiger partial charge in [0.15, 0.2) is 0 Å². The molecular weight excluding hydrogens is 436 g/mol. The number of sulfonamides is 1. The van der Waals surface area contributed by atoms with Crippen molar-refractivity contribution in [2.24, 2.45) is 5.92 Å². The topological polar surface area (TPSA) is 66.9 Å². The molecule has 1 aliphatic rings. The van der Waals surface area contributed by atoms with E-state index in [1.54, 1.807) is 24.3 Å². The molecule has 0 spiro atoms. The maximum atomic E-state index is 12.9. The van der Waals surface area contributed by atoms with Gasteiger partial charge in [0.05, 0.1) is 11.5 Å². The molecule has 3 rings (SSSR count). The number of rotatable bonds is 11. The molecule has 2 aromatic rings. The monoisotopic (exact) mass is 472 g/mol. The van der Waals surface area contributed by atoms with Crippen molar-refractivity contribution in [3.05, 3.63) is 65.7 Å². The minimum absolute atomic E-state index is 0.0402. The maximum absolute atomic E-state index is 12.9. The van der Waals surface area contributed by atoms with Crippen LogP contribution in [0.15, 0.2) is 59.5 Å². The van der Waals surface area contributed by atoms with E-state index in [2.05, 4.69) is 12.1 Å². The first kappa shape index (κ1) is 25.4. The molecule has 0 radical (unpaired) electrons. The van der Waals surface area contributed by atoms with Crippen molar-refractivity contribution in [3.63, 3.8) is 0 Å². The SMILES string of the molecule is CCCN(CCC)S(=O)(=O)c1ccc(C(=O)N2CCC(COCc3ccccc3)CC2)cc1. The smallest absolute Gasteiger partial charge is 0.253 e. The van der Waals surface area contributed by atoms with Crippen LogP contribution in [0.4, 0.5) is 0 Å². The highest BCUT2D eigenvalue weighted by molar-refractivity contribution is 7.89. The number of piperidine rings is 1. The Hall–Kier alpha value is -2.22. The molecule has 0 N–H and O–H groups in total. The van der Waals surface area contributed by atoms with E-state index in [1.807, 2.05) is 36.9 Å². The summed E-state index contributed by atoms with van der Waals surface area (Å²) in [5.74, 6) is 0.412. The van der Waals surface area contributed by atoms with E-state index in [-0.39, 0.29) is 10.8 Å². The average molecular weight is 473 g/mol. The molecule has 1 fully saturated rings. The lowest BCUT2D eigenvalue weighted by Crippen LogP contribution is -2.39. The quantitative estimate of drug-likeness (QED) is 0.481. The number of nitrogens with zero attached hydrogens (tertiary/aromatic N) is 2. The Balaban J connectivity index is 1.51. The van der Waals surface area contributed by atoms with Crippen molar-refractivity contribution in [1.29, 1.82) is 0 Å². The summed E-state index contributed by atoms with van der Waals surface area (Å²) in [4.78, 5) is 15.0. The number of carbonyl (C=O) groups excluding carboxylic acids is 1. The van der Waals surface area contributed by atoms with Crippen molar-refractivity contribution in [2.75, 3.05) is 32.8 Å². The van der Waals surface area contributed by atoms with E-state index in [9.17, 15) is 13.2 Å². The molecule has 180 valence electrons. The summed E-state index contributed by atoms with van der Waals surface area (Å²) in [5.41, 5.74) is 1.70. The Morgan fingerprint density at radius 1 is 0.970 bits per heavy atom. The maximum Gasteiger partial charge on any atom is 0.253 e. The van der Waals surface area contributed by atoms with E-state index < -0.39 is 10.0 Å². The van der Waals surface area contributed by atoms with Gasteiger partial charge in [0.25, 0.3) is 5.91 Å². The molecule has 1 saturated heterocycles. The first-order valence-corrected chi connectivity index (χ1v) is 13.4. The summed E-state index contributed by atoms with van der Waals surface area (Å²) < 4.78 is 33.2. The van der Waals surface area contributed by atoms with Gasteiger partial charge in [-0.2, -0.15) is 4.31 Å². The van der Waals surface area contributed by atoms with Crippen molar-refractivity contribution in [3.8, 4) is 0 Å². The van der Waals surface area contributed by atoms with E-state index in [4.69, 9.17) is 4.74 Å². The predicted molar refractivity (Wildman–Crippen MR) is 131 cm³/mol. The molecule has 1 heterocycles. The van der Waals surface area contributed by atoms with Crippen LogP contribution in [0.2, 0.25) is 0 Å². The highest BCUT2D eigenvalue weighted by Crippen LogP contribution is 2.22. The molecule has 0 atom stereocenters. The molecule has 6 nitrogen and oxygen atoms in total. The third-order valence-corrected chi connectivity index (χ3v) is 7.96. The molecule has 1 amide bonds. The second-order valence-electron chi connectivity index (χ2n) is 8.66. The van der Waals surface area contributed by atoms with Gasteiger partial charge < -0.3 is 9.64 Å². The Labute approximate surface area is 198 Å². The minimum atomic E-state index is -3.53. The lowest BCUT2D eigenvalue weighted by molar-refractivity contribution is 0.0478. The minimum Gasteiger partial charge on any atom is -0.376 e. The molecule has 0 unspecified atom stereocenters. The summed E-state index contributed by atoms with van der Waals surface area (Å²) in [5, 5.41) is 0. The second kappa shape index (κ2) is 12.3. The van der Waals surface area contributed by atoms with Crippen molar-refractivity contribution < 1.29 is 17.9 Å². The number of hydrogen-bond acceptors (Lipinski definition) is 4. The Bertz CT molecular complexity index is 963. The van der Waals surface area contributed by atoms with Crippen LogP contribution in [0.3, 0.4) is 0 Å². The summed E-state index contributed by atoms with van der Waals surface area (Å²) in [6, 6.07) is 16.5. The highest BCUT2D eigenvalue weighted by Gasteiger charge is 2.26. The fourth-order valence-corrected chi connectivity index (χ4v) is 5.80. The molecular formula is C26H36N2O4S. The lowest BCUT2D eigenvalue weighted by atomic mass is 9.97. The van der Waals surface area contributed by atoms with Crippen molar-refractivity contribution in [2.45, 2.75) is 51.0 Å². The molecule has 7 heteroatoms. The third-order valence-electron chi connectivity index (χ3n) is 6.05. The Morgan fingerprint density at radius 3 is 2.15 bits per heavy atom. The number of benzene rings is 2. The van der Waals surface area contributed by atoms with Gasteiger partial charge in [-0.1, -0.05) is 44.2 Å². The molecule has 2 aromatic carbocycles. The Morgan fingerprint density at radius 2 is 1.58 bits per heavy atom. The predicted octanol–water partition coefficient (Wildman–Crippen LogP) is 4.57. The number of ether oxygens (including phenoxy) is 1. The first-order valence-electron chi connectivity index (χ1n) is 12.0. The van der Waals surface area contributed by atoms with Crippen molar-refractivity contribution >= 4 is 15.9 Å². The van der Waals surface area contributed by atoms with Crippen LogP contribution in [0.1, 0.15) is 55.5 Å². The second-order valence-corrected chi connectivity index (χ2v) is 10.6. The molecule has 0 aliphatic carbocycles. The summed E-state index contributed by atoms with van der Waals surface area (Å²) >= 11 is 0. The molecule has 0 bridgehead atoms. The van der Waals surface area contributed by atoms with Crippen LogP contribution in [0, 0.1) is 5.92 Å². The average Bonchev–Trinajstić information content (AvgIpc) is 2.84. The van der Waals surface area contributed by atoms with E-state index in [1.165, 1.54) is 9.87 Å². The Kier molecular flexibility index (Phi) is 9.47. The number of hydrogen-bond donors (Lipinski definition) is 0. The first-order chi connectivity index (χ1) is 16.0. The van der Waals surface area contributed by atoms with E-state index in [0.29, 0.717) is 50.9 Å². The van der Waals surface area contributed by atoms with Crippen LogP contribution < -0.4 is 0 Å². The van der Waals surface area contributed by atoms with Gasteiger partial charge in [-0.05, 0) is 61.4 Å². The zero-order chi connectivity index (χ0) is 23.7. The fraction of sp³-hybridized carbons (Fsp3) is 0.500. The largest absolute Gasteiger partial charge is 0.376 e. The number of carbonyl (C=O) groups is 1. The van der Waals surface area contributed by atoms with Crippen LogP contribution >= 0.6 is 0 Å². The molecule has 1 aliphatic heterocycles. The van der Waals surface area contributed by atoms with Gasteiger partial charge in [0.2, 0.25) is 10.0 Å². The number of likely N-dealkylation sites (tertiary alicyclic amines) is 1. The van der Waals surface area contributed by atoms with Crippen molar-refractivity contribution in [1.82, 2.24) is 9.21 Å². The van der Waals surface area contributed by atoms with E-state index in [0.717, 1.165) is 25.7 Å². The zero-order valence-corrected chi connectivity index (χ0v) is 20.6. The van der Waals surface area contributed by atoms with Gasteiger partial charge in [-0.15, -0.1) is 0 Å². The lowest BCUT2D eigenvalue weighted by Gasteiger charge is -2.32. The fourth-order valence-electron chi connectivity index (χ4n) is 4.17. The van der Waals surface area contributed by atoms with Gasteiger partial charge in [0, 0.05) is 38.3 Å². The van der Waals surface area contributed by atoms with Gasteiger partial charge in [-0.25, -0.2) is 8.42 Å². The van der Waals surface area contributed by atoms with Gasteiger partial charge in [0.1, 0.15) is 0 Å². The summed E-state index contributed by atoms with van der Waals surface area (Å²) in [7, 11) is -3.53. The van der Waals surface area contributed by atoms with Gasteiger partial charge in [-0.3, -0.25) is 4.79 Å². The van der Waals surface area contributed by atoms with Crippen LogP contribution in [0.25, 0.3) is 0 Å². The van der Waals surface area contributed by atoms with E-state index >= 15 is 0 Å². The summed E-state index contributed by atoms with van der Waals surface area (Å²) in [6.07, 6.45) is 3.36. The standard InChI is InChI=1S/C26H36N2O4S/c1-3-16-28(17-4-2)33(30,31)25-12-10-24(11-13-25)26(29)27-18-14-23(15-19-27)21-32-20-22-8-6-5-7-9-22/h5-13,23H,3-4,14-21H2,1-2H3. The van der Waals surface area contributed by atoms with Gasteiger partial charge >= 0.3 is 0 Å². The van der Waals surface area contributed by atoms with Crippen LogP contribution in [-0.4, -0.2) is 56.3 Å².